The molecule has 0 saturated carbocycles. The van der Waals surface area contributed by atoms with Gasteiger partial charge in [0, 0.05) is 23.7 Å². The van der Waals surface area contributed by atoms with Crippen LogP contribution in [-0.4, -0.2) is 34.6 Å². The average molecular weight is 291 g/mol. The molecule has 0 atom stereocenters. The van der Waals surface area contributed by atoms with Crippen molar-refractivity contribution in [2.75, 3.05) is 29.5 Å². The highest BCUT2D eigenvalue weighted by atomic mass is 32.2. The van der Waals surface area contributed by atoms with Crippen molar-refractivity contribution in [3.05, 3.63) is 16.8 Å². The summed E-state index contributed by atoms with van der Waals surface area (Å²) in [6.45, 7) is 2.27. The van der Waals surface area contributed by atoms with Crippen molar-refractivity contribution in [1.82, 2.24) is 9.97 Å². The van der Waals surface area contributed by atoms with Gasteiger partial charge in [-0.3, -0.25) is 0 Å². The molecular weight excluding hydrogens is 274 g/mol. The Morgan fingerprint density at radius 1 is 1.05 bits per heavy atom. The molecule has 0 radical (unpaired) electrons. The van der Waals surface area contributed by atoms with Gasteiger partial charge in [0.2, 0.25) is 0 Å². The first-order chi connectivity index (χ1) is 9.43. The van der Waals surface area contributed by atoms with E-state index in [9.17, 15) is 0 Å². The van der Waals surface area contributed by atoms with E-state index >= 15 is 0 Å². The van der Waals surface area contributed by atoms with Gasteiger partial charge in [0.15, 0.2) is 0 Å². The maximum atomic E-state index is 4.63. The number of thiophene rings is 1. The fourth-order valence-electron chi connectivity index (χ4n) is 3.11. The van der Waals surface area contributed by atoms with Crippen LogP contribution in [0.4, 0.5) is 5.82 Å². The molecule has 1 aliphatic heterocycles. The summed E-state index contributed by atoms with van der Waals surface area (Å²) < 4.78 is 0. The Morgan fingerprint density at radius 3 is 3.05 bits per heavy atom. The second-order valence-corrected chi connectivity index (χ2v) is 7.50. The van der Waals surface area contributed by atoms with Gasteiger partial charge in [-0.25, -0.2) is 9.97 Å². The molecule has 19 heavy (non-hydrogen) atoms. The molecule has 0 aromatic carbocycles. The quantitative estimate of drug-likeness (QED) is 0.807. The highest BCUT2D eigenvalue weighted by molar-refractivity contribution is 7.99. The number of rotatable bonds is 1. The zero-order valence-corrected chi connectivity index (χ0v) is 12.5. The lowest BCUT2D eigenvalue weighted by atomic mass is 10.2. The van der Waals surface area contributed by atoms with Crippen molar-refractivity contribution >= 4 is 39.1 Å². The van der Waals surface area contributed by atoms with Crippen LogP contribution in [0.1, 0.15) is 23.3 Å². The van der Waals surface area contributed by atoms with E-state index in [4.69, 9.17) is 0 Å². The van der Waals surface area contributed by atoms with Crippen LogP contribution < -0.4 is 4.90 Å². The van der Waals surface area contributed by atoms with E-state index < -0.39 is 0 Å². The largest absolute Gasteiger partial charge is 0.355 e. The third kappa shape index (κ3) is 2.03. The van der Waals surface area contributed by atoms with Crippen LogP contribution >= 0.6 is 23.1 Å². The molecule has 0 N–H and O–H groups in total. The number of anilines is 1. The van der Waals surface area contributed by atoms with Gasteiger partial charge in [-0.05, 0) is 37.0 Å². The van der Waals surface area contributed by atoms with Crippen molar-refractivity contribution in [2.24, 2.45) is 0 Å². The number of fused-ring (bicyclic) bond motifs is 3. The van der Waals surface area contributed by atoms with Crippen LogP contribution in [0, 0.1) is 0 Å². The van der Waals surface area contributed by atoms with E-state index in [1.807, 2.05) is 11.3 Å². The van der Waals surface area contributed by atoms with Crippen LogP contribution in [0.5, 0.6) is 0 Å². The second-order valence-electron chi connectivity index (χ2n) is 5.19. The summed E-state index contributed by atoms with van der Waals surface area (Å²) in [5.41, 5.74) is 1.55. The molecule has 2 aliphatic rings. The SMILES string of the molecule is c1nc(N2CCCSCC2)c2c3c(sc2n1)CCC3. The summed E-state index contributed by atoms with van der Waals surface area (Å²) in [6, 6.07) is 0. The molecule has 2 aromatic rings. The van der Waals surface area contributed by atoms with Crippen molar-refractivity contribution in [3.8, 4) is 0 Å². The minimum Gasteiger partial charge on any atom is -0.355 e. The first-order valence-corrected chi connectivity index (χ1v) is 8.98. The standard InChI is InChI=1S/C14H17N3S2/c1-3-10-11(4-1)19-14-12(10)13(15-9-16-14)17-5-2-7-18-8-6-17/h9H,1-8H2. The van der Waals surface area contributed by atoms with Crippen molar-refractivity contribution < 1.29 is 0 Å². The Bertz CT molecular complexity index is 600. The molecular formula is C14H17N3S2. The van der Waals surface area contributed by atoms with E-state index in [2.05, 4.69) is 26.6 Å². The average Bonchev–Trinajstić information content (AvgIpc) is 2.89. The Hall–Kier alpha value is -0.810. The Balaban J connectivity index is 1.84. The lowest BCUT2D eigenvalue weighted by Crippen LogP contribution is -2.26. The highest BCUT2D eigenvalue weighted by Gasteiger charge is 2.23. The summed E-state index contributed by atoms with van der Waals surface area (Å²) in [7, 11) is 0. The number of thioether (sulfide) groups is 1. The summed E-state index contributed by atoms with van der Waals surface area (Å²) in [5, 5.41) is 1.37. The number of aromatic nitrogens is 2. The molecule has 0 amide bonds. The fourth-order valence-corrected chi connectivity index (χ4v) is 5.22. The first-order valence-electron chi connectivity index (χ1n) is 7.01. The van der Waals surface area contributed by atoms with Crippen LogP contribution in [0.2, 0.25) is 0 Å². The van der Waals surface area contributed by atoms with Gasteiger partial charge in [0.1, 0.15) is 17.0 Å². The lowest BCUT2D eigenvalue weighted by molar-refractivity contribution is 0.803. The summed E-state index contributed by atoms with van der Waals surface area (Å²) >= 11 is 3.95. The summed E-state index contributed by atoms with van der Waals surface area (Å²) in [5.74, 6) is 3.71. The zero-order chi connectivity index (χ0) is 12.7. The lowest BCUT2D eigenvalue weighted by Gasteiger charge is -2.22. The van der Waals surface area contributed by atoms with Gasteiger partial charge in [0.25, 0.3) is 0 Å². The molecule has 0 unspecified atom stereocenters. The van der Waals surface area contributed by atoms with E-state index in [1.165, 1.54) is 53.2 Å². The minimum absolute atomic E-state index is 1.13. The summed E-state index contributed by atoms with van der Waals surface area (Å²) in [6.07, 6.45) is 6.79. The normalized spacial score (nSPS) is 19.7. The number of hydrogen-bond donors (Lipinski definition) is 0. The van der Waals surface area contributed by atoms with Crippen molar-refractivity contribution in [3.63, 3.8) is 0 Å². The fraction of sp³-hybridized carbons (Fsp3) is 0.571. The first kappa shape index (κ1) is 12.0. The summed E-state index contributed by atoms with van der Waals surface area (Å²) in [4.78, 5) is 14.4. The smallest absolute Gasteiger partial charge is 0.141 e. The maximum absolute atomic E-state index is 4.63. The van der Waals surface area contributed by atoms with Crippen LogP contribution in [0.25, 0.3) is 10.2 Å². The topological polar surface area (TPSA) is 29.0 Å². The van der Waals surface area contributed by atoms with E-state index in [-0.39, 0.29) is 0 Å². The predicted octanol–water partition coefficient (Wildman–Crippen LogP) is 3.12. The zero-order valence-electron chi connectivity index (χ0n) is 10.9. The molecule has 0 spiro atoms. The Morgan fingerprint density at radius 2 is 2.05 bits per heavy atom. The van der Waals surface area contributed by atoms with E-state index in [1.54, 1.807) is 16.8 Å². The van der Waals surface area contributed by atoms with Crippen LogP contribution in [0.15, 0.2) is 6.33 Å². The van der Waals surface area contributed by atoms with Crippen LogP contribution in [-0.2, 0) is 12.8 Å². The molecule has 3 nitrogen and oxygen atoms in total. The molecule has 2 aromatic heterocycles. The van der Waals surface area contributed by atoms with Crippen molar-refractivity contribution in [2.45, 2.75) is 25.7 Å². The number of aryl methyl sites for hydroxylation is 2. The van der Waals surface area contributed by atoms with E-state index in [0.717, 1.165) is 13.1 Å². The molecule has 3 heterocycles. The van der Waals surface area contributed by atoms with Gasteiger partial charge >= 0.3 is 0 Å². The third-order valence-electron chi connectivity index (χ3n) is 4.00. The Kier molecular flexibility index (Phi) is 3.11. The van der Waals surface area contributed by atoms with E-state index in [0.29, 0.717) is 0 Å². The molecule has 1 aliphatic carbocycles. The minimum atomic E-state index is 1.13. The molecule has 1 saturated heterocycles. The monoisotopic (exact) mass is 291 g/mol. The molecule has 5 heteroatoms. The molecule has 1 fully saturated rings. The molecule has 4 rings (SSSR count). The van der Waals surface area contributed by atoms with Gasteiger partial charge in [0.05, 0.1) is 5.39 Å². The number of nitrogens with zero attached hydrogens (tertiary/aromatic N) is 3. The van der Waals surface area contributed by atoms with Gasteiger partial charge in [-0.1, -0.05) is 0 Å². The number of hydrogen-bond acceptors (Lipinski definition) is 5. The predicted molar refractivity (Wildman–Crippen MR) is 83.6 cm³/mol. The second kappa shape index (κ2) is 4.94. The van der Waals surface area contributed by atoms with Crippen molar-refractivity contribution in [1.29, 1.82) is 0 Å². The van der Waals surface area contributed by atoms with Gasteiger partial charge in [-0.2, -0.15) is 11.8 Å². The molecule has 100 valence electrons. The third-order valence-corrected chi connectivity index (χ3v) is 6.25. The van der Waals surface area contributed by atoms with Crippen LogP contribution in [0.3, 0.4) is 0 Å². The maximum Gasteiger partial charge on any atom is 0.141 e. The van der Waals surface area contributed by atoms with Gasteiger partial charge in [-0.15, -0.1) is 11.3 Å². The van der Waals surface area contributed by atoms with Gasteiger partial charge < -0.3 is 4.90 Å². The molecule has 0 bridgehead atoms. The highest BCUT2D eigenvalue weighted by Crippen LogP contribution is 2.40. The Labute approximate surface area is 121 Å².